The first-order valence-electron chi connectivity index (χ1n) is 3.76. The summed E-state index contributed by atoms with van der Waals surface area (Å²) < 4.78 is 0. The van der Waals surface area contributed by atoms with E-state index in [0.717, 1.165) is 5.35 Å². The normalized spacial score (nSPS) is 15.1. The standard InChI is InChI=1S/C10H11N/c1-6-4-7(2)10-9(6)5-8(3)11-10/h4-5,11H,3H2,1-2H3. The van der Waals surface area contributed by atoms with E-state index in [1.807, 2.05) is 0 Å². The summed E-state index contributed by atoms with van der Waals surface area (Å²) in [5.41, 5.74) is 3.96. The van der Waals surface area contributed by atoms with Crippen LogP contribution in [0, 0.1) is 0 Å². The highest BCUT2D eigenvalue weighted by molar-refractivity contribution is 5.81. The minimum Gasteiger partial charge on any atom is -0.355 e. The highest BCUT2D eigenvalue weighted by Crippen LogP contribution is 2.16. The van der Waals surface area contributed by atoms with Crippen molar-refractivity contribution in [3.8, 4) is 0 Å². The maximum atomic E-state index is 3.86. The molecule has 0 unspecified atom stereocenters. The SMILES string of the molecule is C=c1cc2c([nH]1)=C(C)C=C2C. The predicted octanol–water partition coefficient (Wildman–Crippen LogP) is 1.01. The molecular formula is C10H11N. The van der Waals surface area contributed by atoms with Gasteiger partial charge in [0.25, 0.3) is 0 Å². The number of allylic oxidation sites excluding steroid dienone is 2. The fraction of sp³-hybridized carbons (Fsp3) is 0.200. The summed E-state index contributed by atoms with van der Waals surface area (Å²) >= 11 is 0. The Kier molecular flexibility index (Phi) is 1.10. The van der Waals surface area contributed by atoms with Crippen LogP contribution in [0.5, 0.6) is 0 Å². The maximum Gasteiger partial charge on any atom is 0.0490 e. The summed E-state index contributed by atoms with van der Waals surface area (Å²) in [4.78, 5) is 3.24. The van der Waals surface area contributed by atoms with Crippen molar-refractivity contribution >= 4 is 17.7 Å². The molecule has 1 aromatic heterocycles. The Balaban J connectivity index is 2.91. The van der Waals surface area contributed by atoms with Crippen molar-refractivity contribution in [1.29, 1.82) is 0 Å². The Bertz CT molecular complexity index is 432. The van der Waals surface area contributed by atoms with Crippen LogP contribution in [0.25, 0.3) is 17.7 Å². The second-order valence-corrected chi connectivity index (χ2v) is 3.09. The molecule has 0 bridgehead atoms. The average molecular weight is 145 g/mol. The zero-order valence-electron chi connectivity index (χ0n) is 6.86. The van der Waals surface area contributed by atoms with Gasteiger partial charge >= 0.3 is 0 Å². The molecule has 0 saturated carbocycles. The summed E-state index contributed by atoms with van der Waals surface area (Å²) in [6.07, 6.45) is 2.20. The number of hydrogen-bond donors (Lipinski definition) is 1. The molecule has 0 atom stereocenters. The molecule has 0 fully saturated rings. The molecule has 0 amide bonds. The molecule has 0 saturated heterocycles. The molecule has 11 heavy (non-hydrogen) atoms. The van der Waals surface area contributed by atoms with Gasteiger partial charge in [-0.15, -0.1) is 0 Å². The van der Waals surface area contributed by atoms with Crippen LogP contribution in [0.15, 0.2) is 12.1 Å². The van der Waals surface area contributed by atoms with Crippen LogP contribution in [0.4, 0.5) is 0 Å². The first kappa shape index (κ1) is 6.47. The van der Waals surface area contributed by atoms with E-state index in [1.54, 1.807) is 0 Å². The summed E-state index contributed by atoms with van der Waals surface area (Å²) in [6.45, 7) is 8.10. The third kappa shape index (κ3) is 0.773. The van der Waals surface area contributed by atoms with Gasteiger partial charge < -0.3 is 4.98 Å². The van der Waals surface area contributed by atoms with E-state index in [1.165, 1.54) is 22.1 Å². The summed E-state index contributed by atoms with van der Waals surface area (Å²) in [5.74, 6) is 0. The molecule has 0 aromatic carbocycles. The number of fused-ring (bicyclic) bond motifs is 1. The molecule has 0 radical (unpaired) electrons. The van der Waals surface area contributed by atoms with E-state index in [0.29, 0.717) is 0 Å². The van der Waals surface area contributed by atoms with Crippen molar-refractivity contribution in [2.75, 3.05) is 0 Å². The molecule has 1 N–H and O–H groups in total. The monoisotopic (exact) mass is 145 g/mol. The van der Waals surface area contributed by atoms with Gasteiger partial charge in [0.15, 0.2) is 0 Å². The van der Waals surface area contributed by atoms with Crippen LogP contribution in [0.1, 0.15) is 19.4 Å². The van der Waals surface area contributed by atoms with Gasteiger partial charge in [-0.25, -0.2) is 0 Å². The first-order valence-corrected chi connectivity index (χ1v) is 3.76. The van der Waals surface area contributed by atoms with Crippen molar-refractivity contribution in [1.82, 2.24) is 4.98 Å². The van der Waals surface area contributed by atoms with Crippen molar-refractivity contribution in [2.24, 2.45) is 0 Å². The molecule has 1 aliphatic rings. The van der Waals surface area contributed by atoms with Gasteiger partial charge in [-0.1, -0.05) is 12.7 Å². The van der Waals surface area contributed by atoms with Crippen LogP contribution in [0.3, 0.4) is 0 Å². The quantitative estimate of drug-likeness (QED) is 0.561. The molecule has 0 spiro atoms. The largest absolute Gasteiger partial charge is 0.355 e. The topological polar surface area (TPSA) is 15.8 Å². The van der Waals surface area contributed by atoms with Crippen LogP contribution in [-0.2, 0) is 0 Å². The van der Waals surface area contributed by atoms with Crippen LogP contribution >= 0.6 is 0 Å². The second-order valence-electron chi connectivity index (χ2n) is 3.09. The van der Waals surface area contributed by atoms with E-state index >= 15 is 0 Å². The number of hydrogen-bond acceptors (Lipinski definition) is 0. The zero-order chi connectivity index (χ0) is 8.01. The fourth-order valence-corrected chi connectivity index (χ4v) is 1.61. The van der Waals surface area contributed by atoms with Crippen molar-refractivity contribution < 1.29 is 0 Å². The Morgan fingerprint density at radius 3 is 2.73 bits per heavy atom. The number of H-pyrrole nitrogens is 1. The zero-order valence-corrected chi connectivity index (χ0v) is 6.86. The number of nitrogens with one attached hydrogen (secondary N) is 1. The second kappa shape index (κ2) is 1.88. The summed E-state index contributed by atoms with van der Waals surface area (Å²) in [7, 11) is 0. The Labute approximate surface area is 65.8 Å². The smallest absolute Gasteiger partial charge is 0.0490 e. The third-order valence-corrected chi connectivity index (χ3v) is 2.13. The van der Waals surface area contributed by atoms with Crippen LogP contribution in [0.2, 0.25) is 0 Å². The lowest BCUT2D eigenvalue weighted by Crippen LogP contribution is -2.09. The van der Waals surface area contributed by atoms with Crippen molar-refractivity contribution in [2.45, 2.75) is 13.8 Å². The fourth-order valence-electron chi connectivity index (χ4n) is 1.61. The van der Waals surface area contributed by atoms with E-state index in [9.17, 15) is 0 Å². The predicted molar refractivity (Wildman–Crippen MR) is 48.3 cm³/mol. The first-order chi connectivity index (χ1) is 5.18. The van der Waals surface area contributed by atoms with Gasteiger partial charge in [-0.2, -0.15) is 0 Å². The highest BCUT2D eigenvalue weighted by Gasteiger charge is 2.08. The lowest BCUT2D eigenvalue weighted by molar-refractivity contribution is 1.26. The maximum absolute atomic E-state index is 3.86. The molecule has 1 heteroatoms. The number of aromatic amines is 1. The summed E-state index contributed by atoms with van der Waals surface area (Å²) in [5, 5.41) is 2.24. The molecular weight excluding hydrogens is 134 g/mol. The Morgan fingerprint density at radius 1 is 1.36 bits per heavy atom. The van der Waals surface area contributed by atoms with Crippen molar-refractivity contribution in [3.05, 3.63) is 28.4 Å². The van der Waals surface area contributed by atoms with Gasteiger partial charge in [0, 0.05) is 16.3 Å². The van der Waals surface area contributed by atoms with Gasteiger partial charge in [0.05, 0.1) is 0 Å². The van der Waals surface area contributed by atoms with E-state index in [4.69, 9.17) is 0 Å². The van der Waals surface area contributed by atoms with Crippen LogP contribution < -0.4 is 10.7 Å². The van der Waals surface area contributed by atoms with Gasteiger partial charge in [0.1, 0.15) is 0 Å². The van der Waals surface area contributed by atoms with E-state index < -0.39 is 0 Å². The minimum atomic E-state index is 1.00. The minimum absolute atomic E-state index is 1.00. The molecule has 1 heterocycles. The average Bonchev–Trinajstić information content (AvgIpc) is 2.38. The lowest BCUT2D eigenvalue weighted by Gasteiger charge is -1.86. The Morgan fingerprint density at radius 2 is 2.09 bits per heavy atom. The highest BCUT2D eigenvalue weighted by atomic mass is 14.7. The molecule has 0 aliphatic heterocycles. The van der Waals surface area contributed by atoms with E-state index in [2.05, 4.69) is 37.6 Å². The molecule has 1 aliphatic carbocycles. The van der Waals surface area contributed by atoms with E-state index in [-0.39, 0.29) is 0 Å². The number of rotatable bonds is 0. The molecule has 1 nitrogen and oxygen atoms in total. The summed E-state index contributed by atoms with van der Waals surface area (Å²) in [6, 6.07) is 2.09. The molecule has 56 valence electrons. The molecule has 1 aromatic rings. The third-order valence-electron chi connectivity index (χ3n) is 2.13. The molecule has 2 rings (SSSR count). The number of aromatic nitrogens is 1. The van der Waals surface area contributed by atoms with Gasteiger partial charge in [-0.05, 0) is 31.1 Å². The van der Waals surface area contributed by atoms with Crippen LogP contribution in [-0.4, -0.2) is 4.98 Å². The van der Waals surface area contributed by atoms with Gasteiger partial charge in [-0.3, -0.25) is 0 Å². The lowest BCUT2D eigenvalue weighted by atomic mass is 10.2. The van der Waals surface area contributed by atoms with Gasteiger partial charge in [0.2, 0.25) is 0 Å². The Hall–Kier alpha value is -1.24. The van der Waals surface area contributed by atoms with Crippen molar-refractivity contribution in [3.63, 3.8) is 0 Å².